The highest BCUT2D eigenvalue weighted by molar-refractivity contribution is 5.96. The molecule has 0 aliphatic carbocycles. The lowest BCUT2D eigenvalue weighted by Crippen LogP contribution is -2.29. The van der Waals surface area contributed by atoms with Gasteiger partial charge in [-0.15, -0.1) is 0 Å². The second-order valence-electron chi connectivity index (χ2n) is 8.21. The fraction of sp³-hybridized carbons (Fsp3) is 0.167. The second kappa shape index (κ2) is 11.3. The van der Waals surface area contributed by atoms with Crippen LogP contribution in [0.5, 0.6) is 17.2 Å². The molecule has 0 spiro atoms. The van der Waals surface area contributed by atoms with E-state index in [2.05, 4.69) is 5.32 Å². The van der Waals surface area contributed by atoms with Crippen LogP contribution in [-0.2, 0) is 6.61 Å². The number of rotatable bonds is 9. The molecule has 4 aromatic rings. The van der Waals surface area contributed by atoms with Gasteiger partial charge in [0.2, 0.25) is 5.75 Å². The van der Waals surface area contributed by atoms with Gasteiger partial charge >= 0.3 is 0 Å². The van der Waals surface area contributed by atoms with Gasteiger partial charge in [-0.05, 0) is 35.7 Å². The third-order valence-electron chi connectivity index (χ3n) is 5.77. The molecule has 0 saturated carbocycles. The summed E-state index contributed by atoms with van der Waals surface area (Å²) in [6.07, 6.45) is 0. The SMILES string of the molecule is COc1cc(C(=O)NC(c2ccccc2)c2ccc(C)cc2)cc(OC)c1OCc1ccccc1. The van der Waals surface area contributed by atoms with Crippen LogP contribution < -0.4 is 19.5 Å². The summed E-state index contributed by atoms with van der Waals surface area (Å²) in [6, 6.07) is 30.9. The van der Waals surface area contributed by atoms with E-state index < -0.39 is 0 Å². The molecular weight excluding hydrogens is 438 g/mol. The zero-order chi connectivity index (χ0) is 24.6. The summed E-state index contributed by atoms with van der Waals surface area (Å²) in [5, 5.41) is 3.17. The smallest absolute Gasteiger partial charge is 0.252 e. The molecule has 0 aliphatic rings. The number of methoxy groups -OCH3 is 2. The number of benzene rings is 4. The van der Waals surface area contributed by atoms with Crippen molar-refractivity contribution in [2.45, 2.75) is 19.6 Å². The van der Waals surface area contributed by atoms with E-state index in [-0.39, 0.29) is 11.9 Å². The summed E-state index contributed by atoms with van der Waals surface area (Å²) in [4.78, 5) is 13.4. The zero-order valence-corrected chi connectivity index (χ0v) is 20.2. The fourth-order valence-electron chi connectivity index (χ4n) is 3.86. The Morgan fingerprint density at radius 3 is 1.89 bits per heavy atom. The standard InChI is InChI=1S/C30H29NO4/c1-21-14-16-24(17-15-21)28(23-12-8-5-9-13-23)31-30(32)25-18-26(33-2)29(27(19-25)34-3)35-20-22-10-6-4-7-11-22/h4-19,28H,20H2,1-3H3,(H,31,32). The lowest BCUT2D eigenvalue weighted by atomic mass is 9.97. The number of hydrogen-bond acceptors (Lipinski definition) is 4. The van der Waals surface area contributed by atoms with Crippen molar-refractivity contribution in [2.75, 3.05) is 14.2 Å². The number of nitrogens with one attached hydrogen (secondary N) is 1. The zero-order valence-electron chi connectivity index (χ0n) is 20.2. The van der Waals surface area contributed by atoms with Gasteiger partial charge in [0.05, 0.1) is 20.3 Å². The van der Waals surface area contributed by atoms with Crippen molar-refractivity contribution in [1.29, 1.82) is 0 Å². The molecule has 0 bridgehead atoms. The van der Waals surface area contributed by atoms with Crippen molar-refractivity contribution in [1.82, 2.24) is 5.32 Å². The number of hydrogen-bond donors (Lipinski definition) is 1. The Morgan fingerprint density at radius 1 is 0.771 bits per heavy atom. The predicted molar refractivity (Wildman–Crippen MR) is 137 cm³/mol. The summed E-state index contributed by atoms with van der Waals surface area (Å²) in [6.45, 7) is 2.39. The Bertz CT molecular complexity index is 1230. The van der Waals surface area contributed by atoms with Gasteiger partial charge in [-0.25, -0.2) is 0 Å². The molecule has 1 atom stereocenters. The van der Waals surface area contributed by atoms with Crippen LogP contribution in [0.1, 0.15) is 38.7 Å². The lowest BCUT2D eigenvalue weighted by Gasteiger charge is -2.21. The maximum Gasteiger partial charge on any atom is 0.252 e. The number of carbonyl (C=O) groups is 1. The number of amides is 1. The van der Waals surface area contributed by atoms with E-state index >= 15 is 0 Å². The molecule has 1 N–H and O–H groups in total. The Kier molecular flexibility index (Phi) is 7.68. The molecule has 0 saturated heterocycles. The molecule has 0 fully saturated rings. The van der Waals surface area contributed by atoms with Crippen LogP contribution in [0.25, 0.3) is 0 Å². The highest BCUT2D eigenvalue weighted by Crippen LogP contribution is 2.39. The molecule has 1 amide bonds. The van der Waals surface area contributed by atoms with Crippen LogP contribution in [0, 0.1) is 6.92 Å². The average molecular weight is 468 g/mol. The quantitative estimate of drug-likeness (QED) is 0.323. The lowest BCUT2D eigenvalue weighted by molar-refractivity contribution is 0.0942. The molecule has 0 radical (unpaired) electrons. The molecular formula is C30H29NO4. The minimum atomic E-state index is -0.310. The van der Waals surface area contributed by atoms with Gasteiger partial charge in [0.25, 0.3) is 5.91 Å². The highest BCUT2D eigenvalue weighted by Gasteiger charge is 2.22. The highest BCUT2D eigenvalue weighted by atomic mass is 16.5. The minimum Gasteiger partial charge on any atom is -0.493 e. The van der Waals surface area contributed by atoms with Crippen LogP contribution in [0.15, 0.2) is 97.1 Å². The van der Waals surface area contributed by atoms with E-state index in [1.807, 2.05) is 91.9 Å². The van der Waals surface area contributed by atoms with Crippen molar-refractivity contribution in [3.63, 3.8) is 0 Å². The van der Waals surface area contributed by atoms with Crippen molar-refractivity contribution in [3.8, 4) is 17.2 Å². The van der Waals surface area contributed by atoms with E-state index in [0.29, 0.717) is 29.4 Å². The minimum absolute atomic E-state index is 0.245. The summed E-state index contributed by atoms with van der Waals surface area (Å²) >= 11 is 0. The van der Waals surface area contributed by atoms with Gasteiger partial charge in [0.1, 0.15) is 6.61 Å². The molecule has 5 heteroatoms. The molecule has 0 heterocycles. The third kappa shape index (κ3) is 5.82. The topological polar surface area (TPSA) is 56.8 Å². The summed E-state index contributed by atoms with van der Waals surface area (Å²) < 4.78 is 17.2. The summed E-state index contributed by atoms with van der Waals surface area (Å²) in [5.74, 6) is 1.06. The van der Waals surface area contributed by atoms with Gasteiger partial charge in [0, 0.05) is 5.56 Å². The maximum atomic E-state index is 13.4. The number of ether oxygens (including phenoxy) is 3. The first-order valence-corrected chi connectivity index (χ1v) is 11.4. The predicted octanol–water partition coefficient (Wildman–Crippen LogP) is 6.11. The van der Waals surface area contributed by atoms with Crippen molar-refractivity contribution < 1.29 is 19.0 Å². The summed E-state index contributed by atoms with van der Waals surface area (Å²) in [5.41, 5.74) is 4.58. The number of carbonyl (C=O) groups excluding carboxylic acids is 1. The van der Waals surface area contributed by atoms with Crippen LogP contribution in [0.2, 0.25) is 0 Å². The molecule has 0 aromatic heterocycles. The van der Waals surface area contributed by atoms with E-state index in [9.17, 15) is 4.79 Å². The van der Waals surface area contributed by atoms with Gasteiger partial charge < -0.3 is 19.5 Å². The molecule has 5 nitrogen and oxygen atoms in total. The Morgan fingerprint density at radius 2 is 1.31 bits per heavy atom. The molecule has 178 valence electrons. The average Bonchev–Trinajstić information content (AvgIpc) is 2.91. The first-order chi connectivity index (χ1) is 17.1. The van der Waals surface area contributed by atoms with Crippen LogP contribution >= 0.6 is 0 Å². The monoisotopic (exact) mass is 467 g/mol. The molecule has 1 unspecified atom stereocenters. The van der Waals surface area contributed by atoms with Crippen molar-refractivity contribution in [3.05, 3.63) is 125 Å². The molecule has 4 rings (SSSR count). The Balaban J connectivity index is 1.62. The second-order valence-corrected chi connectivity index (χ2v) is 8.21. The normalized spacial score (nSPS) is 11.4. The number of aryl methyl sites for hydroxylation is 1. The third-order valence-corrected chi connectivity index (χ3v) is 5.77. The van der Waals surface area contributed by atoms with E-state index in [4.69, 9.17) is 14.2 Å². The van der Waals surface area contributed by atoms with E-state index in [1.54, 1.807) is 26.4 Å². The Labute approximate surface area is 206 Å². The maximum absolute atomic E-state index is 13.4. The van der Waals surface area contributed by atoms with Crippen molar-refractivity contribution in [2.24, 2.45) is 0 Å². The molecule has 4 aromatic carbocycles. The van der Waals surface area contributed by atoms with Crippen LogP contribution in [0.4, 0.5) is 0 Å². The first kappa shape index (κ1) is 23.9. The van der Waals surface area contributed by atoms with Gasteiger partial charge in [-0.3, -0.25) is 4.79 Å². The van der Waals surface area contributed by atoms with Crippen LogP contribution in [0.3, 0.4) is 0 Å². The molecule has 0 aliphatic heterocycles. The van der Waals surface area contributed by atoms with Crippen LogP contribution in [-0.4, -0.2) is 20.1 Å². The largest absolute Gasteiger partial charge is 0.493 e. The van der Waals surface area contributed by atoms with Crippen molar-refractivity contribution >= 4 is 5.91 Å². The summed E-state index contributed by atoms with van der Waals surface area (Å²) in [7, 11) is 3.09. The fourth-order valence-corrected chi connectivity index (χ4v) is 3.86. The van der Waals surface area contributed by atoms with E-state index in [1.165, 1.54) is 0 Å². The molecule has 35 heavy (non-hydrogen) atoms. The Hall–Kier alpha value is -4.25. The van der Waals surface area contributed by atoms with Gasteiger partial charge in [0.15, 0.2) is 11.5 Å². The van der Waals surface area contributed by atoms with Gasteiger partial charge in [-0.2, -0.15) is 0 Å². The first-order valence-electron chi connectivity index (χ1n) is 11.4. The van der Waals surface area contributed by atoms with Gasteiger partial charge in [-0.1, -0.05) is 90.5 Å². The van der Waals surface area contributed by atoms with E-state index in [0.717, 1.165) is 22.3 Å².